The molecule has 0 bridgehead atoms. The van der Waals surface area contributed by atoms with E-state index in [9.17, 15) is 0 Å². The zero-order chi connectivity index (χ0) is 15.2. The van der Waals surface area contributed by atoms with E-state index in [1.54, 1.807) is 0 Å². The second-order valence-corrected chi connectivity index (χ2v) is 5.13. The van der Waals surface area contributed by atoms with Crippen molar-refractivity contribution < 1.29 is 4.74 Å². The van der Waals surface area contributed by atoms with Crippen molar-refractivity contribution in [1.82, 2.24) is 9.78 Å². The second kappa shape index (κ2) is 7.27. The number of nitrogens with two attached hydrogens (primary N) is 1. The lowest BCUT2D eigenvalue weighted by Crippen LogP contribution is -2.17. The number of aromatic nitrogens is 2. The largest absolute Gasteiger partial charge is 0.494 e. The van der Waals surface area contributed by atoms with Gasteiger partial charge in [-0.25, -0.2) is 0 Å². The van der Waals surface area contributed by atoms with Gasteiger partial charge in [0.05, 0.1) is 24.0 Å². The van der Waals surface area contributed by atoms with Gasteiger partial charge in [-0.3, -0.25) is 4.68 Å². The Hall–Kier alpha value is -1.81. The zero-order valence-electron chi connectivity index (χ0n) is 13.2. The van der Waals surface area contributed by atoms with Gasteiger partial charge in [-0.05, 0) is 43.5 Å². The number of benzene rings is 1. The van der Waals surface area contributed by atoms with Gasteiger partial charge in [0.1, 0.15) is 5.75 Å². The van der Waals surface area contributed by atoms with Crippen LogP contribution in [0.15, 0.2) is 30.3 Å². The minimum atomic E-state index is -0.155. The number of rotatable bonds is 7. The maximum Gasteiger partial charge on any atom is 0.119 e. The third kappa shape index (κ3) is 3.64. The first-order chi connectivity index (χ1) is 10.2. The Morgan fingerprint density at radius 1 is 1.19 bits per heavy atom. The lowest BCUT2D eigenvalue weighted by molar-refractivity contribution is 0.317. The van der Waals surface area contributed by atoms with E-state index in [1.807, 2.05) is 28.9 Å². The number of hydrogen-bond donors (Lipinski definition) is 1. The Bertz CT molecular complexity index is 560. The van der Waals surface area contributed by atoms with Crippen molar-refractivity contribution in [3.8, 4) is 5.75 Å². The molecule has 0 saturated carbocycles. The van der Waals surface area contributed by atoms with E-state index >= 15 is 0 Å². The predicted molar refractivity (Wildman–Crippen MR) is 85.5 cm³/mol. The third-order valence-electron chi connectivity index (χ3n) is 3.55. The highest BCUT2D eigenvalue weighted by Gasteiger charge is 2.15. The van der Waals surface area contributed by atoms with Crippen molar-refractivity contribution >= 4 is 0 Å². The molecule has 2 N–H and O–H groups in total. The van der Waals surface area contributed by atoms with Crippen molar-refractivity contribution in [2.75, 3.05) is 6.61 Å². The number of hydrogen-bond acceptors (Lipinski definition) is 3. The summed E-state index contributed by atoms with van der Waals surface area (Å²) >= 11 is 0. The summed E-state index contributed by atoms with van der Waals surface area (Å²) in [5.74, 6) is 0.894. The Morgan fingerprint density at radius 3 is 2.48 bits per heavy atom. The van der Waals surface area contributed by atoms with E-state index in [2.05, 4.69) is 31.9 Å². The molecule has 21 heavy (non-hydrogen) atoms. The van der Waals surface area contributed by atoms with Gasteiger partial charge in [0.2, 0.25) is 0 Å². The van der Waals surface area contributed by atoms with Crippen molar-refractivity contribution in [1.29, 1.82) is 0 Å². The first kappa shape index (κ1) is 15.6. The van der Waals surface area contributed by atoms with E-state index in [4.69, 9.17) is 10.5 Å². The molecule has 1 aromatic carbocycles. The smallest absolute Gasteiger partial charge is 0.119 e. The van der Waals surface area contributed by atoms with Crippen molar-refractivity contribution in [2.24, 2.45) is 5.73 Å². The lowest BCUT2D eigenvalue weighted by atomic mass is 10.0. The molecule has 1 atom stereocenters. The van der Waals surface area contributed by atoms with Crippen LogP contribution in [0, 0.1) is 0 Å². The van der Waals surface area contributed by atoms with Gasteiger partial charge in [0.25, 0.3) is 0 Å². The van der Waals surface area contributed by atoms with Crippen molar-refractivity contribution in [2.45, 2.75) is 46.2 Å². The predicted octanol–water partition coefficient (Wildman–Crippen LogP) is 3.30. The van der Waals surface area contributed by atoms with Crippen LogP contribution in [0.3, 0.4) is 0 Å². The molecule has 0 fully saturated rings. The summed E-state index contributed by atoms with van der Waals surface area (Å²) in [7, 11) is 0. The molecule has 0 saturated heterocycles. The minimum absolute atomic E-state index is 0.155. The van der Waals surface area contributed by atoms with Crippen molar-refractivity contribution in [3.63, 3.8) is 0 Å². The van der Waals surface area contributed by atoms with Gasteiger partial charge in [0, 0.05) is 6.54 Å². The van der Waals surface area contributed by atoms with Gasteiger partial charge in [-0.2, -0.15) is 5.10 Å². The molecule has 1 unspecified atom stereocenters. The van der Waals surface area contributed by atoms with Crippen LogP contribution in [-0.2, 0) is 13.0 Å². The van der Waals surface area contributed by atoms with Gasteiger partial charge in [-0.15, -0.1) is 0 Å². The summed E-state index contributed by atoms with van der Waals surface area (Å²) in [5, 5.41) is 4.56. The van der Waals surface area contributed by atoms with Crippen LogP contribution >= 0.6 is 0 Å². The summed E-state index contributed by atoms with van der Waals surface area (Å²) in [5.41, 5.74) is 9.64. The molecule has 1 aromatic heterocycles. The van der Waals surface area contributed by atoms with Crippen LogP contribution in [0.2, 0.25) is 0 Å². The average molecular weight is 287 g/mol. The first-order valence-corrected chi connectivity index (χ1v) is 7.74. The molecule has 0 spiro atoms. The molecule has 0 aliphatic rings. The number of nitrogens with zero attached hydrogens (tertiary/aromatic N) is 2. The summed E-state index contributed by atoms with van der Waals surface area (Å²) in [6.07, 6.45) is 1.94. The highest BCUT2D eigenvalue weighted by molar-refractivity contribution is 5.33. The summed E-state index contributed by atoms with van der Waals surface area (Å²) < 4.78 is 7.59. The highest BCUT2D eigenvalue weighted by Crippen LogP contribution is 2.23. The summed E-state index contributed by atoms with van der Waals surface area (Å²) in [6.45, 7) is 7.87. The third-order valence-corrected chi connectivity index (χ3v) is 3.55. The number of aryl methyl sites for hydroxylation is 2. The van der Waals surface area contributed by atoms with Crippen LogP contribution in [0.4, 0.5) is 0 Å². The van der Waals surface area contributed by atoms with Crippen LogP contribution in [-0.4, -0.2) is 16.4 Å². The number of ether oxygens (including phenoxy) is 1. The molecule has 0 aliphatic carbocycles. The maximum atomic E-state index is 6.41. The van der Waals surface area contributed by atoms with Gasteiger partial charge in [-0.1, -0.05) is 26.0 Å². The molecule has 0 amide bonds. The summed E-state index contributed by atoms with van der Waals surface area (Å²) in [4.78, 5) is 0. The Kier molecular flexibility index (Phi) is 5.39. The van der Waals surface area contributed by atoms with Crippen LogP contribution < -0.4 is 10.5 Å². The second-order valence-electron chi connectivity index (χ2n) is 5.13. The van der Waals surface area contributed by atoms with Gasteiger partial charge < -0.3 is 10.5 Å². The standard InChI is InChI=1S/C17H25N3O/c1-4-11-21-15-9-7-13(8-10-15)17(18)16-12-14(5-2)19-20(16)6-3/h7-10,12,17H,4-6,11,18H2,1-3H3. The van der Waals surface area contributed by atoms with Crippen LogP contribution in [0.5, 0.6) is 5.75 Å². The van der Waals surface area contributed by atoms with Crippen LogP contribution in [0.1, 0.15) is 50.2 Å². The Morgan fingerprint density at radius 2 is 1.90 bits per heavy atom. The van der Waals surface area contributed by atoms with E-state index < -0.39 is 0 Å². The van der Waals surface area contributed by atoms with Crippen LogP contribution in [0.25, 0.3) is 0 Å². The average Bonchev–Trinajstić information content (AvgIpc) is 2.96. The molecule has 4 heteroatoms. The maximum absolute atomic E-state index is 6.41. The quantitative estimate of drug-likeness (QED) is 0.850. The Balaban J connectivity index is 2.19. The SMILES string of the molecule is CCCOc1ccc(C(N)c2cc(CC)nn2CC)cc1. The normalized spacial score (nSPS) is 12.4. The van der Waals surface area contributed by atoms with E-state index in [0.717, 1.165) is 48.7 Å². The summed E-state index contributed by atoms with van der Waals surface area (Å²) in [6, 6.07) is 9.99. The molecule has 0 aliphatic heterocycles. The fourth-order valence-electron chi connectivity index (χ4n) is 2.33. The molecule has 0 radical (unpaired) electrons. The highest BCUT2D eigenvalue weighted by atomic mass is 16.5. The topological polar surface area (TPSA) is 53.1 Å². The Labute approximate surface area is 126 Å². The van der Waals surface area contributed by atoms with Crippen molar-refractivity contribution in [3.05, 3.63) is 47.3 Å². The van der Waals surface area contributed by atoms with Gasteiger partial charge in [0.15, 0.2) is 0 Å². The van der Waals surface area contributed by atoms with E-state index in [-0.39, 0.29) is 6.04 Å². The molecular formula is C17H25N3O. The molecule has 1 heterocycles. The molecule has 2 aromatic rings. The fraction of sp³-hybridized carbons (Fsp3) is 0.471. The minimum Gasteiger partial charge on any atom is -0.494 e. The zero-order valence-corrected chi connectivity index (χ0v) is 13.2. The van der Waals surface area contributed by atoms with E-state index in [0.29, 0.717) is 0 Å². The molecule has 4 nitrogen and oxygen atoms in total. The first-order valence-electron chi connectivity index (χ1n) is 7.74. The van der Waals surface area contributed by atoms with Gasteiger partial charge >= 0.3 is 0 Å². The van der Waals surface area contributed by atoms with E-state index in [1.165, 1.54) is 0 Å². The monoisotopic (exact) mass is 287 g/mol. The molecular weight excluding hydrogens is 262 g/mol. The molecule has 114 valence electrons. The molecule has 2 rings (SSSR count). The lowest BCUT2D eigenvalue weighted by Gasteiger charge is -2.14. The fourth-order valence-corrected chi connectivity index (χ4v) is 2.33.